The molecule has 1 aromatic heterocycles. The summed E-state index contributed by atoms with van der Waals surface area (Å²) in [6, 6.07) is 11.0. The Kier molecular flexibility index (Phi) is 6.36. The van der Waals surface area contributed by atoms with Crippen LogP contribution in [-0.2, 0) is 0 Å². The number of benzene rings is 1. The minimum Gasteiger partial charge on any atom is -0.481 e. The summed E-state index contributed by atoms with van der Waals surface area (Å²) >= 11 is 0. The molecule has 3 N–H and O–H groups in total. The summed E-state index contributed by atoms with van der Waals surface area (Å²) in [5, 5.41) is 3.08. The van der Waals surface area contributed by atoms with Crippen LogP contribution in [-0.4, -0.2) is 41.3 Å². The fourth-order valence-electron chi connectivity index (χ4n) is 2.75. The second kappa shape index (κ2) is 8.11. The summed E-state index contributed by atoms with van der Waals surface area (Å²) in [4.78, 5) is 4.18. The predicted molar refractivity (Wildman–Crippen MR) is 105 cm³/mol. The fourth-order valence-corrected chi connectivity index (χ4v) is 4.54. The van der Waals surface area contributed by atoms with Gasteiger partial charge in [0.1, 0.15) is 0 Å². The molecule has 0 saturated carbocycles. The van der Waals surface area contributed by atoms with E-state index in [0.29, 0.717) is 18.1 Å². The average molecular weight is 387 g/mol. The number of hydrogen-bond donors (Lipinski definition) is 3. The first-order valence-corrected chi connectivity index (χ1v) is 9.15. The Labute approximate surface area is 155 Å². The van der Waals surface area contributed by atoms with Crippen molar-refractivity contribution in [3.8, 4) is 5.88 Å². The normalized spacial score (nSPS) is 16.2. The molecule has 2 heterocycles. The van der Waals surface area contributed by atoms with E-state index in [1.165, 1.54) is 0 Å². The summed E-state index contributed by atoms with van der Waals surface area (Å²) < 4.78 is 30.1. The van der Waals surface area contributed by atoms with Gasteiger partial charge in [0, 0.05) is 12.6 Å². The van der Waals surface area contributed by atoms with Crippen LogP contribution in [0.2, 0.25) is 0 Å². The molecule has 3 rings (SSSR count). The average Bonchev–Trinajstić information content (AvgIpc) is 2.82. The van der Waals surface area contributed by atoms with Crippen molar-refractivity contribution >= 4 is 40.4 Å². The SMILES string of the molecule is CNCCCN1c2ccccc2N(c2ccc(OC)nc2)S1(O)O.Cl. The van der Waals surface area contributed by atoms with Gasteiger partial charge in [-0.3, -0.25) is 13.4 Å². The van der Waals surface area contributed by atoms with Gasteiger partial charge in [-0.15, -0.1) is 12.4 Å². The molecule has 0 saturated heterocycles. The number of halogens is 1. The number of aromatic nitrogens is 1. The molecule has 138 valence electrons. The van der Waals surface area contributed by atoms with Gasteiger partial charge in [0.25, 0.3) is 0 Å². The van der Waals surface area contributed by atoms with Crippen LogP contribution in [0.1, 0.15) is 6.42 Å². The van der Waals surface area contributed by atoms with Crippen molar-refractivity contribution < 1.29 is 13.8 Å². The molecule has 0 aliphatic carbocycles. The first-order valence-electron chi connectivity index (χ1n) is 7.69. The highest BCUT2D eigenvalue weighted by Crippen LogP contribution is 2.63. The highest BCUT2D eigenvalue weighted by molar-refractivity contribution is 8.27. The number of methoxy groups -OCH3 is 1. The lowest BCUT2D eigenvalue weighted by Gasteiger charge is -2.43. The van der Waals surface area contributed by atoms with Crippen molar-refractivity contribution in [2.45, 2.75) is 6.42 Å². The van der Waals surface area contributed by atoms with Crippen molar-refractivity contribution in [2.75, 3.05) is 35.9 Å². The number of ether oxygens (including phenoxy) is 1. The Balaban J connectivity index is 0.00000225. The molecule has 7 nitrogen and oxygen atoms in total. The third-order valence-electron chi connectivity index (χ3n) is 3.86. The molecule has 0 radical (unpaired) electrons. The minimum absolute atomic E-state index is 0. The van der Waals surface area contributed by atoms with E-state index in [-0.39, 0.29) is 12.4 Å². The molecule has 25 heavy (non-hydrogen) atoms. The Morgan fingerprint density at radius 2 is 1.88 bits per heavy atom. The molecule has 0 atom stereocenters. The first kappa shape index (κ1) is 19.6. The Hall–Kier alpha value is -1.71. The summed E-state index contributed by atoms with van der Waals surface area (Å²) in [6.45, 7) is 1.35. The molecule has 2 aromatic rings. The third-order valence-corrected chi connectivity index (χ3v) is 5.73. The zero-order valence-electron chi connectivity index (χ0n) is 14.1. The maximum atomic E-state index is 10.9. The summed E-state index contributed by atoms with van der Waals surface area (Å²) in [5.41, 5.74) is 2.18. The second-order valence-corrected chi connectivity index (χ2v) is 7.18. The number of nitrogens with one attached hydrogen (secondary N) is 1. The molecule has 9 heteroatoms. The van der Waals surface area contributed by atoms with E-state index >= 15 is 0 Å². The quantitative estimate of drug-likeness (QED) is 0.653. The van der Waals surface area contributed by atoms with Gasteiger partial charge in [0.05, 0.1) is 30.4 Å². The molecule has 1 aliphatic rings. The van der Waals surface area contributed by atoms with E-state index in [0.717, 1.165) is 24.3 Å². The Morgan fingerprint density at radius 1 is 1.16 bits per heavy atom. The molecule has 1 aromatic carbocycles. The van der Waals surface area contributed by atoms with Gasteiger partial charge in [-0.05, 0) is 49.2 Å². The van der Waals surface area contributed by atoms with Crippen molar-refractivity contribution in [2.24, 2.45) is 0 Å². The van der Waals surface area contributed by atoms with Crippen LogP contribution in [0.3, 0.4) is 0 Å². The number of para-hydroxylation sites is 2. The summed E-state index contributed by atoms with van der Waals surface area (Å²) in [7, 11) is 0.244. The molecule has 0 bridgehead atoms. The maximum absolute atomic E-state index is 10.9. The topological polar surface area (TPSA) is 81.1 Å². The lowest BCUT2D eigenvalue weighted by molar-refractivity contribution is 0.398. The zero-order chi connectivity index (χ0) is 17.2. The van der Waals surface area contributed by atoms with Crippen LogP contribution in [0, 0.1) is 0 Å². The standard InChI is InChI=1S/C16H22N4O3S.ClH/c1-17-10-5-11-19-14-6-3-4-7-15(14)20(24(19,21)22)13-8-9-16(23-2)18-12-13;/h3-4,6-9,12,17,21-22H,5,10-11H2,1-2H3;1H. The number of hydrogen-bond acceptors (Lipinski definition) is 7. The highest BCUT2D eigenvalue weighted by atomic mass is 35.5. The van der Waals surface area contributed by atoms with Crippen LogP contribution >= 0.6 is 23.4 Å². The van der Waals surface area contributed by atoms with E-state index in [2.05, 4.69) is 10.3 Å². The van der Waals surface area contributed by atoms with E-state index in [1.54, 1.807) is 34.0 Å². The summed E-state index contributed by atoms with van der Waals surface area (Å²) in [5.74, 6) is 0.480. The molecular weight excluding hydrogens is 364 g/mol. The van der Waals surface area contributed by atoms with Gasteiger partial charge in [0.2, 0.25) is 5.88 Å². The fraction of sp³-hybridized carbons (Fsp3) is 0.312. The van der Waals surface area contributed by atoms with E-state index in [9.17, 15) is 9.11 Å². The zero-order valence-corrected chi connectivity index (χ0v) is 15.8. The van der Waals surface area contributed by atoms with Crippen LogP contribution in [0.25, 0.3) is 0 Å². The molecule has 0 amide bonds. The summed E-state index contributed by atoms with van der Waals surface area (Å²) in [6.07, 6.45) is 2.39. The number of fused-ring (bicyclic) bond motifs is 1. The predicted octanol–water partition coefficient (Wildman–Crippen LogP) is 3.66. The number of anilines is 3. The second-order valence-electron chi connectivity index (χ2n) is 5.39. The van der Waals surface area contributed by atoms with E-state index in [1.807, 2.05) is 31.3 Å². The van der Waals surface area contributed by atoms with Crippen LogP contribution < -0.4 is 18.7 Å². The number of nitrogens with zero attached hydrogens (tertiary/aromatic N) is 3. The van der Waals surface area contributed by atoms with Crippen molar-refractivity contribution in [1.82, 2.24) is 10.3 Å². The number of rotatable bonds is 6. The monoisotopic (exact) mass is 386 g/mol. The van der Waals surface area contributed by atoms with Gasteiger partial charge < -0.3 is 10.1 Å². The molecule has 0 spiro atoms. The van der Waals surface area contributed by atoms with Gasteiger partial charge in [-0.25, -0.2) is 9.29 Å². The van der Waals surface area contributed by atoms with Crippen LogP contribution in [0.4, 0.5) is 17.1 Å². The highest BCUT2D eigenvalue weighted by Gasteiger charge is 2.41. The smallest absolute Gasteiger partial charge is 0.213 e. The Bertz CT molecular complexity index is 702. The van der Waals surface area contributed by atoms with E-state index < -0.39 is 11.0 Å². The van der Waals surface area contributed by atoms with Crippen molar-refractivity contribution in [3.63, 3.8) is 0 Å². The van der Waals surface area contributed by atoms with E-state index in [4.69, 9.17) is 4.74 Å². The minimum atomic E-state index is -3.18. The third kappa shape index (κ3) is 3.63. The van der Waals surface area contributed by atoms with Gasteiger partial charge >= 0.3 is 0 Å². The Morgan fingerprint density at radius 3 is 2.48 bits per heavy atom. The number of pyridine rings is 1. The molecule has 0 fully saturated rings. The van der Waals surface area contributed by atoms with Gasteiger partial charge in [-0.1, -0.05) is 12.1 Å². The van der Waals surface area contributed by atoms with Gasteiger partial charge in [0.15, 0.2) is 0 Å². The van der Waals surface area contributed by atoms with Crippen molar-refractivity contribution in [3.05, 3.63) is 42.6 Å². The molecular formula is C16H23ClN4O3S. The lowest BCUT2D eigenvalue weighted by Crippen LogP contribution is -2.32. The maximum Gasteiger partial charge on any atom is 0.213 e. The molecule has 1 aliphatic heterocycles. The van der Waals surface area contributed by atoms with Crippen LogP contribution in [0.5, 0.6) is 5.88 Å². The van der Waals surface area contributed by atoms with Crippen LogP contribution in [0.15, 0.2) is 42.6 Å². The van der Waals surface area contributed by atoms with Crippen molar-refractivity contribution in [1.29, 1.82) is 0 Å². The lowest BCUT2D eigenvalue weighted by atomic mass is 10.2. The molecule has 0 unspecified atom stereocenters. The van der Waals surface area contributed by atoms with Gasteiger partial charge in [-0.2, -0.15) is 0 Å². The first-order chi connectivity index (χ1) is 11.6. The largest absolute Gasteiger partial charge is 0.481 e.